The van der Waals surface area contributed by atoms with Gasteiger partial charge >= 0.3 is 11.9 Å². The van der Waals surface area contributed by atoms with Crippen LogP contribution in [0, 0.1) is 0 Å². The number of esters is 2. The van der Waals surface area contributed by atoms with Crippen LogP contribution in [0.5, 0.6) is 5.75 Å². The number of hydrogen-bond donors (Lipinski definition) is 1. The number of benzene rings is 2. The lowest BCUT2D eigenvalue weighted by Crippen LogP contribution is -2.18. The van der Waals surface area contributed by atoms with Crippen molar-refractivity contribution in [2.45, 2.75) is 65.7 Å². The van der Waals surface area contributed by atoms with Gasteiger partial charge in [0.2, 0.25) is 5.76 Å². The van der Waals surface area contributed by atoms with Crippen molar-refractivity contribution < 1.29 is 28.6 Å². The largest absolute Gasteiger partial charge is 0.462 e. The van der Waals surface area contributed by atoms with Gasteiger partial charge in [-0.05, 0) is 55.5 Å². The highest BCUT2D eigenvalue weighted by molar-refractivity contribution is 6.05. The third kappa shape index (κ3) is 9.94. The van der Waals surface area contributed by atoms with Crippen LogP contribution in [-0.4, -0.2) is 31.1 Å². The number of anilines is 1. The van der Waals surface area contributed by atoms with E-state index in [9.17, 15) is 14.4 Å². The molecule has 7 heteroatoms. The summed E-state index contributed by atoms with van der Waals surface area (Å²) in [5.74, 6) is -1.94. The Morgan fingerprint density at radius 2 is 1.50 bits per heavy atom. The van der Waals surface area contributed by atoms with Crippen molar-refractivity contribution in [2.75, 3.05) is 18.5 Å². The molecular formula is C29H37NO6. The lowest BCUT2D eigenvalue weighted by molar-refractivity contribution is -0.143. The summed E-state index contributed by atoms with van der Waals surface area (Å²) in [4.78, 5) is 37.5. The van der Waals surface area contributed by atoms with E-state index in [1.165, 1.54) is 24.8 Å². The summed E-state index contributed by atoms with van der Waals surface area (Å²) in [6, 6.07) is 14.2. The van der Waals surface area contributed by atoms with Gasteiger partial charge in [0.25, 0.3) is 5.91 Å². The fraction of sp³-hybridized carbons (Fsp3) is 0.414. The average molecular weight is 496 g/mol. The predicted molar refractivity (Wildman–Crippen MR) is 140 cm³/mol. The third-order valence-corrected chi connectivity index (χ3v) is 5.23. The Labute approximate surface area is 213 Å². The normalized spacial score (nSPS) is 11.0. The van der Waals surface area contributed by atoms with E-state index in [0.717, 1.165) is 18.9 Å². The van der Waals surface area contributed by atoms with Crippen LogP contribution in [0.4, 0.5) is 5.69 Å². The van der Waals surface area contributed by atoms with Crippen LogP contribution < -0.4 is 10.1 Å². The third-order valence-electron chi connectivity index (χ3n) is 5.23. The maximum atomic E-state index is 12.9. The number of para-hydroxylation sites is 2. The maximum Gasteiger partial charge on any atom is 0.374 e. The molecule has 0 bridgehead atoms. The first-order chi connectivity index (χ1) is 17.5. The molecule has 2 rings (SSSR count). The van der Waals surface area contributed by atoms with E-state index in [1.807, 2.05) is 26.0 Å². The molecule has 194 valence electrons. The molecule has 0 aliphatic carbocycles. The second kappa shape index (κ2) is 16.1. The molecule has 36 heavy (non-hydrogen) atoms. The van der Waals surface area contributed by atoms with Crippen LogP contribution in [0.3, 0.4) is 0 Å². The van der Waals surface area contributed by atoms with Crippen LogP contribution in [0.15, 0.2) is 60.4 Å². The number of ether oxygens (including phenoxy) is 3. The summed E-state index contributed by atoms with van der Waals surface area (Å²) < 4.78 is 15.9. The summed E-state index contributed by atoms with van der Waals surface area (Å²) in [6.45, 7) is 6.31. The van der Waals surface area contributed by atoms with Gasteiger partial charge in [0.05, 0.1) is 25.0 Å². The predicted octanol–water partition coefficient (Wildman–Crippen LogP) is 6.23. The Hall–Kier alpha value is -3.61. The van der Waals surface area contributed by atoms with Gasteiger partial charge in [0, 0.05) is 5.56 Å². The quantitative estimate of drug-likeness (QED) is 0.136. The van der Waals surface area contributed by atoms with Crippen molar-refractivity contribution >= 4 is 23.5 Å². The van der Waals surface area contributed by atoms with E-state index in [-0.39, 0.29) is 30.6 Å². The van der Waals surface area contributed by atoms with Crippen molar-refractivity contribution in [1.82, 2.24) is 0 Å². The van der Waals surface area contributed by atoms with Crippen LogP contribution in [0.1, 0.15) is 75.2 Å². The number of nitrogens with one attached hydrogen (secondary N) is 1. The molecule has 7 nitrogen and oxygen atoms in total. The van der Waals surface area contributed by atoms with Gasteiger partial charge in [-0.15, -0.1) is 0 Å². The topological polar surface area (TPSA) is 90.9 Å². The molecule has 0 aliphatic rings. The Morgan fingerprint density at radius 1 is 0.806 bits per heavy atom. The lowest BCUT2D eigenvalue weighted by Gasteiger charge is -2.14. The number of amides is 1. The highest BCUT2D eigenvalue weighted by atomic mass is 16.6. The van der Waals surface area contributed by atoms with Gasteiger partial charge in [-0.1, -0.05) is 64.3 Å². The van der Waals surface area contributed by atoms with Gasteiger partial charge in [0.15, 0.2) is 5.75 Å². The van der Waals surface area contributed by atoms with Crippen molar-refractivity contribution in [1.29, 1.82) is 0 Å². The molecule has 0 atom stereocenters. The number of carbonyl (C=O) groups is 3. The van der Waals surface area contributed by atoms with Crippen molar-refractivity contribution in [2.24, 2.45) is 0 Å². The maximum absolute atomic E-state index is 12.9. The molecule has 0 fully saturated rings. The van der Waals surface area contributed by atoms with Gasteiger partial charge in [-0.3, -0.25) is 4.79 Å². The number of aryl methyl sites for hydroxylation is 1. The SMILES string of the molecule is CCCCCCc1ccc(C(=O)Nc2ccccc2O/C(=C/C(=O)OCCC)C(=O)OCCC)cc1. The molecule has 0 spiro atoms. The first kappa shape index (κ1) is 28.6. The Bertz CT molecular complexity index is 1010. The van der Waals surface area contributed by atoms with E-state index in [4.69, 9.17) is 14.2 Å². The average Bonchev–Trinajstić information content (AvgIpc) is 2.89. The molecule has 0 saturated carbocycles. The van der Waals surface area contributed by atoms with E-state index in [1.54, 1.807) is 36.4 Å². The van der Waals surface area contributed by atoms with Crippen molar-refractivity contribution in [3.63, 3.8) is 0 Å². The van der Waals surface area contributed by atoms with Crippen LogP contribution >= 0.6 is 0 Å². The first-order valence-electron chi connectivity index (χ1n) is 12.7. The molecule has 1 N–H and O–H groups in total. The molecule has 2 aromatic carbocycles. The van der Waals surface area contributed by atoms with Gasteiger partial charge in [-0.2, -0.15) is 0 Å². The highest BCUT2D eigenvalue weighted by Gasteiger charge is 2.19. The Kier molecular flexibility index (Phi) is 12.8. The van der Waals surface area contributed by atoms with Crippen LogP contribution in [0.2, 0.25) is 0 Å². The summed E-state index contributed by atoms with van der Waals surface area (Å²) in [7, 11) is 0. The fourth-order valence-corrected chi connectivity index (χ4v) is 3.30. The molecular weight excluding hydrogens is 458 g/mol. The van der Waals surface area contributed by atoms with Gasteiger partial charge in [0.1, 0.15) is 0 Å². The smallest absolute Gasteiger partial charge is 0.374 e. The molecule has 0 radical (unpaired) electrons. The minimum Gasteiger partial charge on any atom is -0.462 e. The highest BCUT2D eigenvalue weighted by Crippen LogP contribution is 2.27. The standard InChI is InChI=1S/C29H37NO6/c1-4-7-8-9-12-22-15-17-23(18-16-22)28(32)30-24-13-10-11-14-25(24)36-26(29(33)35-20-6-3)21-27(31)34-19-5-2/h10-11,13-18,21H,4-9,12,19-20H2,1-3H3,(H,30,32)/b26-21+. The molecule has 2 aromatic rings. The molecule has 0 saturated heterocycles. The second-order valence-corrected chi connectivity index (χ2v) is 8.37. The van der Waals surface area contributed by atoms with E-state index in [0.29, 0.717) is 24.1 Å². The summed E-state index contributed by atoms with van der Waals surface area (Å²) in [5, 5.41) is 2.82. The minimum atomic E-state index is -0.791. The monoisotopic (exact) mass is 495 g/mol. The molecule has 0 aromatic heterocycles. The molecule has 0 aliphatic heterocycles. The summed E-state index contributed by atoms with van der Waals surface area (Å²) in [5.41, 5.74) is 2.05. The van der Waals surface area contributed by atoms with Gasteiger partial charge < -0.3 is 19.5 Å². The van der Waals surface area contributed by atoms with Crippen LogP contribution in [-0.2, 0) is 25.5 Å². The Balaban J connectivity index is 2.14. The van der Waals surface area contributed by atoms with Crippen molar-refractivity contribution in [3.05, 3.63) is 71.5 Å². The number of hydrogen-bond acceptors (Lipinski definition) is 6. The fourth-order valence-electron chi connectivity index (χ4n) is 3.30. The second-order valence-electron chi connectivity index (χ2n) is 8.37. The summed E-state index contributed by atoms with van der Waals surface area (Å²) >= 11 is 0. The number of carbonyl (C=O) groups excluding carboxylic acids is 3. The molecule has 0 heterocycles. The minimum absolute atomic E-state index is 0.177. The van der Waals surface area contributed by atoms with E-state index >= 15 is 0 Å². The zero-order valence-electron chi connectivity index (χ0n) is 21.5. The zero-order valence-corrected chi connectivity index (χ0v) is 21.5. The summed E-state index contributed by atoms with van der Waals surface area (Å²) in [6.07, 6.45) is 7.97. The van der Waals surface area contributed by atoms with Crippen molar-refractivity contribution in [3.8, 4) is 5.75 Å². The lowest BCUT2D eigenvalue weighted by atomic mass is 10.0. The number of rotatable bonds is 15. The molecule has 1 amide bonds. The Morgan fingerprint density at radius 3 is 2.19 bits per heavy atom. The van der Waals surface area contributed by atoms with Crippen LogP contribution in [0.25, 0.3) is 0 Å². The first-order valence-corrected chi connectivity index (χ1v) is 12.7. The molecule has 0 unspecified atom stereocenters. The van der Waals surface area contributed by atoms with E-state index < -0.39 is 11.9 Å². The van der Waals surface area contributed by atoms with E-state index in [2.05, 4.69) is 12.2 Å². The zero-order chi connectivity index (χ0) is 26.2. The number of unbranched alkanes of at least 4 members (excludes halogenated alkanes) is 3. The van der Waals surface area contributed by atoms with Gasteiger partial charge in [-0.25, -0.2) is 9.59 Å².